The molecule has 0 bridgehead atoms. The summed E-state index contributed by atoms with van der Waals surface area (Å²) in [5.74, 6) is 0.0634. The molecule has 0 radical (unpaired) electrons. The highest BCUT2D eigenvalue weighted by Crippen LogP contribution is 2.27. The summed E-state index contributed by atoms with van der Waals surface area (Å²) in [6.45, 7) is 4.55. The third kappa shape index (κ3) is 1.80. The molecule has 1 aromatic carbocycles. The SMILES string of the molecule is CCNc1ccc(C=O)c(O)c1C. The maximum atomic E-state index is 10.5. The van der Waals surface area contributed by atoms with Gasteiger partial charge >= 0.3 is 0 Å². The standard InChI is InChI=1S/C10H13NO2/c1-3-11-9-5-4-8(6-12)10(13)7(9)2/h4-6,11,13H,3H2,1-2H3. The van der Waals surface area contributed by atoms with Gasteiger partial charge in [0.2, 0.25) is 0 Å². The number of phenolic OH excluding ortho intramolecular Hbond substituents is 1. The van der Waals surface area contributed by atoms with Gasteiger partial charge in [0, 0.05) is 17.8 Å². The number of carbonyl (C=O) groups is 1. The second-order valence-corrected chi connectivity index (χ2v) is 2.82. The van der Waals surface area contributed by atoms with E-state index in [-0.39, 0.29) is 5.75 Å². The molecule has 70 valence electrons. The molecule has 2 N–H and O–H groups in total. The predicted molar refractivity (Wildman–Crippen MR) is 52.4 cm³/mol. The lowest BCUT2D eigenvalue weighted by Gasteiger charge is -2.09. The normalized spacial score (nSPS) is 9.69. The van der Waals surface area contributed by atoms with Gasteiger partial charge in [-0.1, -0.05) is 0 Å². The zero-order valence-corrected chi connectivity index (χ0v) is 7.79. The summed E-state index contributed by atoms with van der Waals surface area (Å²) < 4.78 is 0. The molecule has 0 atom stereocenters. The van der Waals surface area contributed by atoms with Crippen LogP contribution in [0.25, 0.3) is 0 Å². The number of phenols is 1. The number of carbonyl (C=O) groups excluding carboxylic acids is 1. The van der Waals surface area contributed by atoms with E-state index >= 15 is 0 Å². The van der Waals surface area contributed by atoms with Crippen LogP contribution in [0.4, 0.5) is 5.69 Å². The van der Waals surface area contributed by atoms with Crippen molar-refractivity contribution in [3.63, 3.8) is 0 Å². The van der Waals surface area contributed by atoms with Gasteiger partial charge in [0.25, 0.3) is 0 Å². The van der Waals surface area contributed by atoms with E-state index in [0.717, 1.165) is 12.2 Å². The minimum atomic E-state index is 0.0634. The summed E-state index contributed by atoms with van der Waals surface area (Å²) in [5.41, 5.74) is 1.91. The third-order valence-corrected chi connectivity index (χ3v) is 1.96. The van der Waals surface area contributed by atoms with E-state index in [2.05, 4.69) is 5.32 Å². The van der Waals surface area contributed by atoms with E-state index in [1.807, 2.05) is 6.92 Å². The zero-order chi connectivity index (χ0) is 9.84. The summed E-state index contributed by atoms with van der Waals surface area (Å²) in [7, 11) is 0. The van der Waals surface area contributed by atoms with Gasteiger partial charge in [-0.2, -0.15) is 0 Å². The van der Waals surface area contributed by atoms with Gasteiger partial charge in [0.05, 0.1) is 5.56 Å². The summed E-state index contributed by atoms with van der Waals surface area (Å²) in [5, 5.41) is 12.6. The molecule has 0 saturated heterocycles. The Morgan fingerprint density at radius 3 is 2.77 bits per heavy atom. The Labute approximate surface area is 77.4 Å². The fraction of sp³-hybridized carbons (Fsp3) is 0.300. The maximum absolute atomic E-state index is 10.5. The number of aldehydes is 1. The molecule has 0 aliphatic rings. The lowest BCUT2D eigenvalue weighted by Crippen LogP contribution is -1.99. The minimum absolute atomic E-state index is 0.0634. The van der Waals surface area contributed by atoms with Gasteiger partial charge in [-0.15, -0.1) is 0 Å². The van der Waals surface area contributed by atoms with Crippen LogP contribution in [0.1, 0.15) is 22.8 Å². The summed E-state index contributed by atoms with van der Waals surface area (Å²) in [6, 6.07) is 3.40. The van der Waals surface area contributed by atoms with Crippen molar-refractivity contribution in [2.24, 2.45) is 0 Å². The van der Waals surface area contributed by atoms with E-state index in [9.17, 15) is 9.90 Å². The highest BCUT2D eigenvalue weighted by molar-refractivity contribution is 5.82. The Hall–Kier alpha value is -1.51. The van der Waals surface area contributed by atoms with Gasteiger partial charge in [-0.25, -0.2) is 0 Å². The van der Waals surface area contributed by atoms with Crippen LogP contribution in [-0.4, -0.2) is 17.9 Å². The summed E-state index contributed by atoms with van der Waals surface area (Å²) >= 11 is 0. The molecular weight excluding hydrogens is 166 g/mol. The van der Waals surface area contributed by atoms with E-state index in [1.54, 1.807) is 19.1 Å². The molecule has 3 nitrogen and oxygen atoms in total. The number of rotatable bonds is 3. The van der Waals surface area contributed by atoms with Crippen molar-refractivity contribution in [2.45, 2.75) is 13.8 Å². The van der Waals surface area contributed by atoms with Crippen molar-refractivity contribution < 1.29 is 9.90 Å². The molecule has 0 heterocycles. The van der Waals surface area contributed by atoms with Crippen molar-refractivity contribution in [1.29, 1.82) is 0 Å². The Morgan fingerprint density at radius 2 is 2.23 bits per heavy atom. The van der Waals surface area contributed by atoms with Gasteiger partial charge in [-0.05, 0) is 26.0 Å². The average molecular weight is 179 g/mol. The van der Waals surface area contributed by atoms with Crippen LogP contribution in [0, 0.1) is 6.92 Å². The fourth-order valence-corrected chi connectivity index (χ4v) is 1.20. The molecule has 1 aromatic rings. The van der Waals surface area contributed by atoms with Crippen LogP contribution < -0.4 is 5.32 Å². The Morgan fingerprint density at radius 1 is 1.54 bits per heavy atom. The number of anilines is 1. The second kappa shape index (κ2) is 3.94. The average Bonchev–Trinajstić information content (AvgIpc) is 2.14. The Balaban J connectivity index is 3.14. The first-order valence-corrected chi connectivity index (χ1v) is 4.22. The van der Waals surface area contributed by atoms with Gasteiger partial charge in [0.15, 0.2) is 6.29 Å². The maximum Gasteiger partial charge on any atom is 0.153 e. The zero-order valence-electron chi connectivity index (χ0n) is 7.79. The molecule has 13 heavy (non-hydrogen) atoms. The highest BCUT2D eigenvalue weighted by atomic mass is 16.3. The Kier molecular flexibility index (Phi) is 2.90. The number of benzene rings is 1. The minimum Gasteiger partial charge on any atom is -0.507 e. The van der Waals surface area contributed by atoms with Crippen molar-refractivity contribution >= 4 is 12.0 Å². The fourth-order valence-electron chi connectivity index (χ4n) is 1.20. The molecule has 0 saturated carbocycles. The largest absolute Gasteiger partial charge is 0.507 e. The van der Waals surface area contributed by atoms with Crippen molar-refractivity contribution in [2.75, 3.05) is 11.9 Å². The van der Waals surface area contributed by atoms with E-state index in [1.165, 1.54) is 0 Å². The number of hydrogen-bond donors (Lipinski definition) is 2. The monoisotopic (exact) mass is 179 g/mol. The van der Waals surface area contributed by atoms with E-state index in [4.69, 9.17) is 0 Å². The molecular formula is C10H13NO2. The number of nitrogens with one attached hydrogen (secondary N) is 1. The lowest BCUT2D eigenvalue weighted by molar-refractivity contribution is 0.112. The third-order valence-electron chi connectivity index (χ3n) is 1.96. The topological polar surface area (TPSA) is 49.3 Å². The summed E-state index contributed by atoms with van der Waals surface area (Å²) in [4.78, 5) is 10.5. The molecule has 0 fully saturated rings. The van der Waals surface area contributed by atoms with Gasteiger partial charge in [-0.3, -0.25) is 4.79 Å². The number of aromatic hydroxyl groups is 1. The van der Waals surface area contributed by atoms with Crippen LogP contribution in [0.5, 0.6) is 5.75 Å². The Bertz CT molecular complexity index is 321. The molecule has 0 aliphatic carbocycles. The van der Waals surface area contributed by atoms with Crippen molar-refractivity contribution in [1.82, 2.24) is 0 Å². The smallest absolute Gasteiger partial charge is 0.153 e. The van der Waals surface area contributed by atoms with Crippen LogP contribution in [-0.2, 0) is 0 Å². The lowest BCUT2D eigenvalue weighted by atomic mass is 10.1. The van der Waals surface area contributed by atoms with Gasteiger partial charge < -0.3 is 10.4 Å². The molecule has 0 amide bonds. The molecule has 0 spiro atoms. The quantitative estimate of drug-likeness (QED) is 0.697. The van der Waals surface area contributed by atoms with Gasteiger partial charge in [0.1, 0.15) is 5.75 Å². The van der Waals surface area contributed by atoms with Crippen LogP contribution in [0.15, 0.2) is 12.1 Å². The molecule has 0 unspecified atom stereocenters. The van der Waals surface area contributed by atoms with E-state index in [0.29, 0.717) is 17.4 Å². The van der Waals surface area contributed by atoms with Crippen LogP contribution in [0.2, 0.25) is 0 Å². The first kappa shape index (κ1) is 9.58. The first-order chi connectivity index (χ1) is 6.20. The first-order valence-electron chi connectivity index (χ1n) is 4.22. The highest BCUT2D eigenvalue weighted by Gasteiger charge is 2.06. The predicted octanol–water partition coefficient (Wildman–Crippen LogP) is 1.94. The van der Waals surface area contributed by atoms with Crippen molar-refractivity contribution in [3.8, 4) is 5.75 Å². The second-order valence-electron chi connectivity index (χ2n) is 2.82. The van der Waals surface area contributed by atoms with E-state index < -0.39 is 0 Å². The van der Waals surface area contributed by atoms with Crippen LogP contribution >= 0.6 is 0 Å². The number of hydrogen-bond acceptors (Lipinski definition) is 3. The molecule has 0 aliphatic heterocycles. The molecule has 0 aromatic heterocycles. The van der Waals surface area contributed by atoms with Crippen molar-refractivity contribution in [3.05, 3.63) is 23.3 Å². The van der Waals surface area contributed by atoms with Crippen LogP contribution in [0.3, 0.4) is 0 Å². The molecule has 1 rings (SSSR count). The summed E-state index contributed by atoms with van der Waals surface area (Å²) in [6.07, 6.45) is 0.651. The molecule has 3 heteroatoms.